The third kappa shape index (κ3) is 4.32. The third-order valence-electron chi connectivity index (χ3n) is 3.26. The Balaban J connectivity index is 2.21. The Bertz CT molecular complexity index is 626. The Morgan fingerprint density at radius 1 is 1.10 bits per heavy atom. The van der Waals surface area contributed by atoms with Crippen LogP contribution in [0.3, 0.4) is 0 Å². The lowest BCUT2D eigenvalue weighted by atomic mass is 9.99. The Morgan fingerprint density at radius 2 is 1.62 bits per heavy atom. The summed E-state index contributed by atoms with van der Waals surface area (Å²) < 4.78 is 12.6. The first-order valence-corrected chi connectivity index (χ1v) is 8.98. The fraction of sp³-hybridized carbons (Fsp3) is 0.250. The molecule has 21 heavy (non-hydrogen) atoms. The molecule has 0 fully saturated rings. The van der Waals surface area contributed by atoms with Gasteiger partial charge in [0.05, 0.1) is 0 Å². The van der Waals surface area contributed by atoms with Gasteiger partial charge in [-0.15, -0.1) is 0 Å². The van der Waals surface area contributed by atoms with Gasteiger partial charge in [0.25, 0.3) is 0 Å². The second kappa shape index (κ2) is 7.61. The van der Waals surface area contributed by atoms with Crippen molar-refractivity contribution in [1.29, 1.82) is 5.53 Å². The Hall–Kier alpha value is -1.33. The van der Waals surface area contributed by atoms with Crippen LogP contribution in [0.2, 0.25) is 0 Å². The smallest absolute Gasteiger partial charge is 0.121 e. The molecule has 0 aromatic heterocycles. The maximum Gasteiger partial charge on any atom is 0.121 e. The second-order valence-corrected chi connectivity index (χ2v) is 7.36. The summed E-state index contributed by atoms with van der Waals surface area (Å²) in [6, 6.07) is 15.4. The van der Waals surface area contributed by atoms with Gasteiger partial charge in [0.1, 0.15) is 6.04 Å². The molecule has 1 N–H and O–H groups in total. The Labute approximate surface area is 135 Å². The predicted molar refractivity (Wildman–Crippen MR) is 90.0 cm³/mol. The molecular formula is C16H17BrN2OS. The summed E-state index contributed by atoms with van der Waals surface area (Å²) in [6.07, 6.45) is 0. The van der Waals surface area contributed by atoms with Crippen molar-refractivity contribution >= 4 is 26.7 Å². The van der Waals surface area contributed by atoms with Crippen LogP contribution in [0.1, 0.15) is 29.7 Å². The number of benzene rings is 2. The van der Waals surface area contributed by atoms with Crippen molar-refractivity contribution in [3.8, 4) is 0 Å². The molecule has 2 aromatic carbocycles. The molecule has 5 heteroatoms. The molecule has 0 amide bonds. The Kier molecular flexibility index (Phi) is 5.82. The number of rotatable bonds is 6. The van der Waals surface area contributed by atoms with E-state index in [-0.39, 0.29) is 6.04 Å². The highest BCUT2D eigenvalue weighted by Crippen LogP contribution is 2.27. The van der Waals surface area contributed by atoms with Gasteiger partial charge in [0.15, 0.2) is 0 Å². The average molecular weight is 365 g/mol. The van der Waals surface area contributed by atoms with Gasteiger partial charge in [-0.3, -0.25) is 4.21 Å². The zero-order valence-corrected chi connectivity index (χ0v) is 14.2. The van der Waals surface area contributed by atoms with E-state index in [9.17, 15) is 4.21 Å². The molecule has 0 aliphatic heterocycles. The lowest BCUT2D eigenvalue weighted by molar-refractivity contribution is 0.683. The van der Waals surface area contributed by atoms with Gasteiger partial charge in [0.2, 0.25) is 0 Å². The summed E-state index contributed by atoms with van der Waals surface area (Å²) >= 11 is 3.41. The van der Waals surface area contributed by atoms with Crippen LogP contribution in [0.4, 0.5) is 0 Å². The predicted octanol–water partition coefficient (Wildman–Crippen LogP) is 4.84. The molecule has 0 heterocycles. The first-order chi connectivity index (χ1) is 10.1. The van der Waals surface area contributed by atoms with Crippen LogP contribution in [0, 0.1) is 5.53 Å². The lowest BCUT2D eigenvalue weighted by Crippen LogP contribution is -2.00. The molecule has 2 rings (SSSR count). The topological polar surface area (TPSA) is 53.3 Å². The van der Waals surface area contributed by atoms with Crippen LogP contribution in [0.25, 0.3) is 0 Å². The number of hydrogen-bond acceptors (Lipinski definition) is 3. The van der Waals surface area contributed by atoms with Gasteiger partial charge in [-0.25, -0.2) is 5.53 Å². The normalized spacial score (nSPS) is 13.6. The summed E-state index contributed by atoms with van der Waals surface area (Å²) in [5.74, 6) is 1.25. The van der Waals surface area contributed by atoms with Crippen LogP contribution in [0.15, 0.2) is 58.1 Å². The number of halogens is 1. The second-order valence-electron chi connectivity index (χ2n) is 4.70. The molecule has 3 nitrogen and oxygen atoms in total. The summed E-state index contributed by atoms with van der Waals surface area (Å²) in [7, 11) is -0.801. The van der Waals surface area contributed by atoms with E-state index in [0.29, 0.717) is 11.5 Å². The van der Waals surface area contributed by atoms with Crippen molar-refractivity contribution in [2.75, 3.05) is 5.75 Å². The fourth-order valence-electron chi connectivity index (χ4n) is 2.07. The van der Waals surface area contributed by atoms with Crippen LogP contribution in [0.5, 0.6) is 0 Å². The van der Waals surface area contributed by atoms with Crippen molar-refractivity contribution < 1.29 is 4.21 Å². The van der Waals surface area contributed by atoms with E-state index in [1.165, 1.54) is 0 Å². The minimum absolute atomic E-state index is 0.288. The summed E-state index contributed by atoms with van der Waals surface area (Å²) in [4.78, 5) is 0. The standard InChI is InChI=1S/C16H17BrN2OS/c1-2-21(20)11-12-3-5-13(6-4-12)16(19-18)14-7-9-15(17)10-8-14/h3-10,16,18H,2,11H2,1H3. The first-order valence-electron chi connectivity index (χ1n) is 6.70. The van der Waals surface area contributed by atoms with Gasteiger partial charge < -0.3 is 0 Å². The van der Waals surface area contributed by atoms with E-state index < -0.39 is 10.8 Å². The van der Waals surface area contributed by atoms with E-state index in [1.54, 1.807) is 0 Å². The zero-order valence-electron chi connectivity index (χ0n) is 11.8. The first kappa shape index (κ1) is 16.0. The average Bonchev–Trinajstić information content (AvgIpc) is 2.51. The maximum atomic E-state index is 11.6. The van der Waals surface area contributed by atoms with Gasteiger partial charge in [-0.1, -0.05) is 59.3 Å². The largest absolute Gasteiger partial charge is 0.259 e. The van der Waals surface area contributed by atoms with Crippen molar-refractivity contribution in [2.45, 2.75) is 18.7 Å². The van der Waals surface area contributed by atoms with Crippen LogP contribution < -0.4 is 0 Å². The van der Waals surface area contributed by atoms with Crippen LogP contribution >= 0.6 is 15.9 Å². The highest BCUT2D eigenvalue weighted by atomic mass is 79.9. The molecule has 2 unspecified atom stereocenters. The van der Waals surface area contributed by atoms with Gasteiger partial charge in [-0.05, 0) is 28.8 Å². The Morgan fingerprint density at radius 3 is 2.10 bits per heavy atom. The maximum absolute atomic E-state index is 11.6. The minimum Gasteiger partial charge on any atom is -0.259 e. The minimum atomic E-state index is -0.801. The molecular weight excluding hydrogens is 348 g/mol. The summed E-state index contributed by atoms with van der Waals surface area (Å²) in [6.45, 7) is 1.92. The van der Waals surface area contributed by atoms with Crippen molar-refractivity contribution in [1.82, 2.24) is 0 Å². The molecule has 0 saturated carbocycles. The molecule has 0 bridgehead atoms. The van der Waals surface area contributed by atoms with Gasteiger partial charge in [0, 0.05) is 26.8 Å². The third-order valence-corrected chi connectivity index (χ3v) is 5.09. The van der Waals surface area contributed by atoms with E-state index in [1.807, 2.05) is 55.5 Å². The van der Waals surface area contributed by atoms with E-state index in [4.69, 9.17) is 5.53 Å². The molecule has 0 spiro atoms. The van der Waals surface area contributed by atoms with E-state index >= 15 is 0 Å². The molecule has 2 aromatic rings. The molecule has 0 aliphatic carbocycles. The molecule has 110 valence electrons. The molecule has 0 radical (unpaired) electrons. The lowest BCUT2D eigenvalue weighted by Gasteiger charge is -2.12. The summed E-state index contributed by atoms with van der Waals surface area (Å²) in [5, 5.41) is 3.74. The highest BCUT2D eigenvalue weighted by Gasteiger charge is 2.13. The molecule has 2 atom stereocenters. The van der Waals surface area contributed by atoms with Gasteiger partial charge in [-0.2, -0.15) is 5.11 Å². The number of nitrogens with one attached hydrogen (secondary N) is 1. The SMILES string of the molecule is CCS(=O)Cc1ccc(C(N=N)c2ccc(Br)cc2)cc1. The number of hydrogen-bond donors (Lipinski definition) is 1. The van der Waals surface area contributed by atoms with Gasteiger partial charge >= 0.3 is 0 Å². The van der Waals surface area contributed by atoms with E-state index in [0.717, 1.165) is 21.2 Å². The highest BCUT2D eigenvalue weighted by molar-refractivity contribution is 9.10. The monoisotopic (exact) mass is 364 g/mol. The van der Waals surface area contributed by atoms with Crippen LogP contribution in [-0.4, -0.2) is 9.96 Å². The quantitative estimate of drug-likeness (QED) is 0.732. The zero-order chi connectivity index (χ0) is 15.2. The van der Waals surface area contributed by atoms with Crippen molar-refractivity contribution in [2.24, 2.45) is 5.11 Å². The summed E-state index contributed by atoms with van der Waals surface area (Å²) in [5.41, 5.74) is 10.5. The fourth-order valence-corrected chi connectivity index (χ4v) is 3.10. The molecule has 0 saturated heterocycles. The van der Waals surface area contributed by atoms with E-state index in [2.05, 4.69) is 21.0 Å². The van der Waals surface area contributed by atoms with Crippen LogP contribution in [-0.2, 0) is 16.6 Å². The van der Waals surface area contributed by atoms with Crippen molar-refractivity contribution in [3.63, 3.8) is 0 Å². The molecule has 0 aliphatic rings. The number of nitrogens with zero attached hydrogens (tertiary/aromatic N) is 1. The van der Waals surface area contributed by atoms with Crippen molar-refractivity contribution in [3.05, 3.63) is 69.7 Å².